The average molecular weight is 469 g/mol. The van der Waals surface area contributed by atoms with Gasteiger partial charge in [0.1, 0.15) is 24.2 Å². The number of hydrogen-bond acceptors (Lipinski definition) is 6. The fraction of sp³-hybridized carbons (Fsp3) is 0.250. The number of nitrogens with one attached hydrogen (secondary N) is 2. The van der Waals surface area contributed by atoms with Crippen LogP contribution in [-0.2, 0) is 20.4 Å². The maximum atomic E-state index is 13.9. The number of halogens is 3. The number of amides is 2. The van der Waals surface area contributed by atoms with Crippen molar-refractivity contribution in [3.8, 4) is 11.8 Å². The summed E-state index contributed by atoms with van der Waals surface area (Å²) in [7, 11) is -4.18. The van der Waals surface area contributed by atoms with Crippen LogP contribution in [0.15, 0.2) is 48.5 Å². The third-order valence-corrected chi connectivity index (χ3v) is 5.66. The summed E-state index contributed by atoms with van der Waals surface area (Å²) in [6.07, 6.45) is 0. The zero-order chi connectivity index (χ0) is 23.7. The summed E-state index contributed by atoms with van der Waals surface area (Å²) in [5, 5.41) is 12.9. The lowest BCUT2D eigenvalue weighted by molar-refractivity contribution is -0.122. The van der Waals surface area contributed by atoms with Crippen molar-refractivity contribution >= 4 is 21.7 Å². The Bertz CT molecular complexity index is 1120. The summed E-state index contributed by atoms with van der Waals surface area (Å²) < 4.78 is 68.7. The van der Waals surface area contributed by atoms with Crippen LogP contribution in [0.25, 0.3) is 0 Å². The zero-order valence-corrected chi connectivity index (χ0v) is 17.2. The van der Waals surface area contributed by atoms with Crippen molar-refractivity contribution in [1.82, 2.24) is 10.6 Å². The van der Waals surface area contributed by atoms with Gasteiger partial charge in [0, 0.05) is 5.56 Å². The molecule has 0 aliphatic rings. The maximum absolute atomic E-state index is 13.9. The molecular formula is C20H18F3N3O5S. The average Bonchev–Trinajstić information content (AvgIpc) is 2.72. The van der Waals surface area contributed by atoms with E-state index >= 15 is 0 Å². The summed E-state index contributed by atoms with van der Waals surface area (Å²) in [6, 6.07) is 10.0. The molecule has 2 amide bonds. The van der Waals surface area contributed by atoms with Crippen LogP contribution in [0.3, 0.4) is 0 Å². The molecule has 0 unspecified atom stereocenters. The molecule has 0 aromatic heterocycles. The second-order valence-corrected chi connectivity index (χ2v) is 8.53. The van der Waals surface area contributed by atoms with Gasteiger partial charge in [-0.1, -0.05) is 30.3 Å². The minimum Gasteiger partial charge on any atom is -0.435 e. The van der Waals surface area contributed by atoms with E-state index in [1.807, 2.05) is 0 Å². The second-order valence-electron chi connectivity index (χ2n) is 6.42. The summed E-state index contributed by atoms with van der Waals surface area (Å²) in [5.41, 5.74) is -0.497. The van der Waals surface area contributed by atoms with E-state index in [-0.39, 0.29) is 11.3 Å². The summed E-state index contributed by atoms with van der Waals surface area (Å²) in [6.45, 7) is -3.64. The van der Waals surface area contributed by atoms with Gasteiger partial charge in [-0.25, -0.2) is 12.8 Å². The molecule has 0 radical (unpaired) electrons. The topological polar surface area (TPSA) is 125 Å². The number of benzene rings is 2. The van der Waals surface area contributed by atoms with Gasteiger partial charge < -0.3 is 15.4 Å². The van der Waals surface area contributed by atoms with Crippen LogP contribution in [0.2, 0.25) is 0 Å². The summed E-state index contributed by atoms with van der Waals surface area (Å²) >= 11 is 0. The highest BCUT2D eigenvalue weighted by Gasteiger charge is 2.29. The number of para-hydroxylation sites is 1. The highest BCUT2D eigenvalue weighted by molar-refractivity contribution is 7.90. The van der Waals surface area contributed by atoms with Crippen LogP contribution in [-0.4, -0.2) is 45.2 Å². The minimum absolute atomic E-state index is 0.0792. The molecule has 0 bridgehead atoms. The van der Waals surface area contributed by atoms with Gasteiger partial charge in [-0.3, -0.25) is 9.59 Å². The van der Waals surface area contributed by atoms with Crippen molar-refractivity contribution in [2.75, 3.05) is 12.3 Å². The van der Waals surface area contributed by atoms with Gasteiger partial charge in [0.2, 0.25) is 5.91 Å². The van der Waals surface area contributed by atoms with Crippen molar-refractivity contribution in [2.24, 2.45) is 0 Å². The van der Waals surface area contributed by atoms with Gasteiger partial charge in [-0.05, 0) is 18.2 Å². The lowest BCUT2D eigenvalue weighted by atomic mass is 10.2. The predicted octanol–water partition coefficient (Wildman–Crippen LogP) is 1.78. The van der Waals surface area contributed by atoms with Gasteiger partial charge in [-0.15, -0.1) is 0 Å². The van der Waals surface area contributed by atoms with E-state index in [0.29, 0.717) is 0 Å². The van der Waals surface area contributed by atoms with E-state index in [0.717, 1.165) is 18.2 Å². The fourth-order valence-corrected chi connectivity index (χ4v) is 4.27. The number of carbonyl (C=O) groups excluding carboxylic acids is 2. The van der Waals surface area contributed by atoms with E-state index in [1.165, 1.54) is 30.3 Å². The van der Waals surface area contributed by atoms with Crippen molar-refractivity contribution in [1.29, 1.82) is 5.26 Å². The third kappa shape index (κ3) is 7.28. The molecule has 12 heteroatoms. The number of sulfone groups is 1. The number of alkyl halides is 2. The highest BCUT2D eigenvalue weighted by atomic mass is 32.2. The molecule has 0 heterocycles. The van der Waals surface area contributed by atoms with E-state index in [1.54, 1.807) is 6.07 Å². The number of rotatable bonds is 10. The molecule has 2 N–H and O–H groups in total. The van der Waals surface area contributed by atoms with E-state index in [4.69, 9.17) is 5.26 Å². The molecule has 1 atom stereocenters. The van der Waals surface area contributed by atoms with Gasteiger partial charge in [0.25, 0.3) is 5.91 Å². The first-order valence-corrected chi connectivity index (χ1v) is 10.9. The van der Waals surface area contributed by atoms with Crippen LogP contribution in [0.1, 0.15) is 15.9 Å². The molecule has 0 spiro atoms. The van der Waals surface area contributed by atoms with Crippen LogP contribution in [0, 0.1) is 17.1 Å². The largest absolute Gasteiger partial charge is 0.435 e. The predicted molar refractivity (Wildman–Crippen MR) is 107 cm³/mol. The molecule has 2 aromatic carbocycles. The van der Waals surface area contributed by atoms with Crippen LogP contribution < -0.4 is 15.4 Å². The van der Waals surface area contributed by atoms with Crippen molar-refractivity contribution in [3.63, 3.8) is 0 Å². The number of ether oxygens (including phenoxy) is 1. The van der Waals surface area contributed by atoms with Gasteiger partial charge >= 0.3 is 6.61 Å². The second kappa shape index (κ2) is 11.1. The molecule has 8 nitrogen and oxygen atoms in total. The molecule has 0 saturated carbocycles. The van der Waals surface area contributed by atoms with Crippen LogP contribution >= 0.6 is 0 Å². The van der Waals surface area contributed by atoms with Gasteiger partial charge in [0.05, 0.1) is 23.1 Å². The molecule has 0 aliphatic heterocycles. The first kappa shape index (κ1) is 24.7. The Kier molecular flexibility index (Phi) is 8.60. The normalized spacial score (nSPS) is 12.0. The molecule has 2 aromatic rings. The number of carbonyl (C=O) groups is 2. The Morgan fingerprint density at radius 1 is 1.09 bits per heavy atom. The number of nitriles is 1. The SMILES string of the molecule is N#CCNC(=O)[C@H](CS(=O)(=O)Cc1ccccc1OC(F)F)NC(=O)c1ccccc1F. The molecule has 32 heavy (non-hydrogen) atoms. The van der Waals surface area contributed by atoms with E-state index in [9.17, 15) is 31.2 Å². The molecule has 0 fully saturated rings. The first-order valence-electron chi connectivity index (χ1n) is 9.06. The third-order valence-electron chi connectivity index (χ3n) is 4.07. The smallest absolute Gasteiger partial charge is 0.387 e. The highest BCUT2D eigenvalue weighted by Crippen LogP contribution is 2.23. The monoisotopic (exact) mass is 469 g/mol. The van der Waals surface area contributed by atoms with Gasteiger partial charge in [-0.2, -0.15) is 14.0 Å². The summed E-state index contributed by atoms with van der Waals surface area (Å²) in [5.74, 6) is -4.98. The number of nitrogens with zero attached hydrogens (tertiary/aromatic N) is 1. The molecule has 0 aliphatic carbocycles. The first-order chi connectivity index (χ1) is 15.1. The Balaban J connectivity index is 2.25. The van der Waals surface area contributed by atoms with E-state index in [2.05, 4.69) is 15.4 Å². The Hall–Kier alpha value is -3.59. The van der Waals surface area contributed by atoms with Gasteiger partial charge in [0.15, 0.2) is 9.84 Å². The van der Waals surface area contributed by atoms with Crippen LogP contribution in [0.4, 0.5) is 13.2 Å². The summed E-state index contributed by atoms with van der Waals surface area (Å²) in [4.78, 5) is 24.7. The van der Waals surface area contributed by atoms with E-state index < -0.39 is 63.7 Å². The standard InChI is InChI=1S/C20H18F3N3O5S/c21-15-7-3-2-6-14(15)18(27)26-16(19(28)25-10-9-24)12-32(29,30)11-13-5-1-4-8-17(13)31-20(22)23/h1-8,16,20H,10-12H2,(H,25,28)(H,26,27)/t16-/m0/s1. The van der Waals surface area contributed by atoms with Crippen molar-refractivity contribution in [3.05, 3.63) is 65.5 Å². The maximum Gasteiger partial charge on any atom is 0.387 e. The lowest BCUT2D eigenvalue weighted by Gasteiger charge is -2.19. The Labute approximate surface area is 181 Å². The zero-order valence-electron chi connectivity index (χ0n) is 16.4. The number of hydrogen-bond donors (Lipinski definition) is 2. The fourth-order valence-electron chi connectivity index (χ4n) is 2.70. The van der Waals surface area contributed by atoms with Crippen LogP contribution in [0.5, 0.6) is 5.75 Å². The Morgan fingerprint density at radius 2 is 1.75 bits per heavy atom. The lowest BCUT2D eigenvalue weighted by Crippen LogP contribution is -2.50. The molecule has 170 valence electrons. The minimum atomic E-state index is -4.18. The quantitative estimate of drug-likeness (QED) is 0.511. The molecule has 2 rings (SSSR count). The Morgan fingerprint density at radius 3 is 2.41 bits per heavy atom. The molecule has 0 saturated heterocycles. The van der Waals surface area contributed by atoms with Crippen molar-refractivity contribution < 1.29 is 35.9 Å². The molecular weight excluding hydrogens is 451 g/mol. The van der Waals surface area contributed by atoms with Crippen molar-refractivity contribution in [2.45, 2.75) is 18.4 Å².